The molecule has 0 saturated carbocycles. The molecule has 0 aromatic heterocycles. The van der Waals surface area contributed by atoms with Crippen molar-refractivity contribution >= 4 is 0 Å². The van der Waals surface area contributed by atoms with Crippen LogP contribution in [0.4, 0.5) is 13.2 Å². The molecule has 0 bridgehead atoms. The van der Waals surface area contributed by atoms with E-state index in [0.29, 0.717) is 17.6 Å². The molecule has 1 heterocycles. The molecule has 0 radical (unpaired) electrons. The number of rotatable bonds is 5. The van der Waals surface area contributed by atoms with Gasteiger partial charge in [-0.1, -0.05) is 13.8 Å². The molecular formula is C16H22F3NO. The second-order valence-corrected chi connectivity index (χ2v) is 6.06. The van der Waals surface area contributed by atoms with Crippen LogP contribution in [0.15, 0.2) is 24.3 Å². The van der Waals surface area contributed by atoms with E-state index in [2.05, 4.69) is 19.2 Å². The maximum absolute atomic E-state index is 12.6. The van der Waals surface area contributed by atoms with Crippen molar-refractivity contribution in [2.24, 2.45) is 11.8 Å². The SMILES string of the molecule is CC(C)C[C@@H](Oc1ccc(C(F)(F)F)cc1)C1CCNC1. The predicted molar refractivity (Wildman–Crippen MR) is 76.3 cm³/mol. The van der Waals surface area contributed by atoms with Crippen molar-refractivity contribution in [2.45, 2.75) is 39.0 Å². The summed E-state index contributed by atoms with van der Waals surface area (Å²) in [6, 6.07) is 4.99. The summed E-state index contributed by atoms with van der Waals surface area (Å²) in [6.07, 6.45) is -2.28. The van der Waals surface area contributed by atoms with E-state index in [0.717, 1.165) is 38.1 Å². The first kappa shape index (κ1) is 16.1. The fourth-order valence-electron chi connectivity index (χ4n) is 2.69. The third kappa shape index (κ3) is 4.63. The smallest absolute Gasteiger partial charge is 0.416 e. The number of benzene rings is 1. The Balaban J connectivity index is 2.05. The third-order valence-electron chi connectivity index (χ3n) is 3.80. The lowest BCUT2D eigenvalue weighted by Crippen LogP contribution is -2.30. The molecule has 1 aromatic rings. The zero-order valence-corrected chi connectivity index (χ0v) is 12.4. The Labute approximate surface area is 123 Å². The zero-order valence-electron chi connectivity index (χ0n) is 12.4. The van der Waals surface area contributed by atoms with Gasteiger partial charge in [0.2, 0.25) is 0 Å². The maximum atomic E-state index is 12.6. The van der Waals surface area contributed by atoms with Crippen molar-refractivity contribution in [3.05, 3.63) is 29.8 Å². The van der Waals surface area contributed by atoms with E-state index in [4.69, 9.17) is 4.74 Å². The number of ether oxygens (including phenoxy) is 1. The van der Waals surface area contributed by atoms with Gasteiger partial charge in [-0.25, -0.2) is 0 Å². The number of hydrogen-bond acceptors (Lipinski definition) is 2. The number of halogens is 3. The summed E-state index contributed by atoms with van der Waals surface area (Å²) in [5, 5.41) is 3.31. The van der Waals surface area contributed by atoms with Crippen molar-refractivity contribution in [2.75, 3.05) is 13.1 Å². The minimum Gasteiger partial charge on any atom is -0.490 e. The van der Waals surface area contributed by atoms with Gasteiger partial charge in [0, 0.05) is 12.5 Å². The van der Waals surface area contributed by atoms with E-state index in [1.54, 1.807) is 0 Å². The van der Waals surface area contributed by atoms with Crippen molar-refractivity contribution in [1.29, 1.82) is 0 Å². The molecule has 1 aliphatic rings. The van der Waals surface area contributed by atoms with Crippen molar-refractivity contribution in [3.8, 4) is 5.75 Å². The Bertz CT molecular complexity index is 436. The summed E-state index contributed by atoms with van der Waals surface area (Å²) in [6.45, 7) is 6.16. The average Bonchev–Trinajstić information content (AvgIpc) is 2.90. The minimum absolute atomic E-state index is 0.0525. The highest BCUT2D eigenvalue weighted by atomic mass is 19.4. The standard InChI is InChI=1S/C16H22F3NO/c1-11(2)9-15(12-7-8-20-10-12)21-14-5-3-13(4-6-14)16(17,18)19/h3-6,11-12,15,20H,7-10H2,1-2H3/t12?,15-/m1/s1. The molecule has 2 nitrogen and oxygen atoms in total. The molecule has 5 heteroatoms. The molecule has 0 amide bonds. The summed E-state index contributed by atoms with van der Waals surface area (Å²) < 4.78 is 43.6. The first-order valence-electron chi connectivity index (χ1n) is 7.41. The van der Waals surface area contributed by atoms with Crippen molar-refractivity contribution < 1.29 is 17.9 Å². The van der Waals surface area contributed by atoms with Crippen LogP contribution in [0.25, 0.3) is 0 Å². The molecule has 1 aromatic carbocycles. The molecule has 2 rings (SSSR count). The Kier molecular flexibility index (Phi) is 5.14. The molecule has 0 spiro atoms. The van der Waals surface area contributed by atoms with Gasteiger partial charge in [-0.2, -0.15) is 13.2 Å². The van der Waals surface area contributed by atoms with Crippen LogP contribution >= 0.6 is 0 Å². The normalized spacial score (nSPS) is 20.8. The van der Waals surface area contributed by atoms with Crippen LogP contribution in [0.2, 0.25) is 0 Å². The first-order chi connectivity index (χ1) is 9.86. The lowest BCUT2D eigenvalue weighted by atomic mass is 9.93. The molecule has 2 atom stereocenters. The van der Waals surface area contributed by atoms with Crippen LogP contribution in [0, 0.1) is 11.8 Å². The highest BCUT2D eigenvalue weighted by Crippen LogP contribution is 2.31. The fraction of sp³-hybridized carbons (Fsp3) is 0.625. The molecule has 1 N–H and O–H groups in total. The van der Waals surface area contributed by atoms with Gasteiger partial charge in [0.25, 0.3) is 0 Å². The predicted octanol–water partition coefficient (Wildman–Crippen LogP) is 4.11. The van der Waals surface area contributed by atoms with Crippen LogP contribution < -0.4 is 10.1 Å². The molecule has 1 aliphatic heterocycles. The highest BCUT2D eigenvalue weighted by molar-refractivity contribution is 5.29. The molecule has 1 fully saturated rings. The van der Waals surface area contributed by atoms with Gasteiger partial charge in [0.15, 0.2) is 0 Å². The summed E-state index contributed by atoms with van der Waals surface area (Å²) in [5.74, 6) is 1.43. The Morgan fingerprint density at radius 1 is 1.24 bits per heavy atom. The number of hydrogen-bond donors (Lipinski definition) is 1. The van der Waals surface area contributed by atoms with Gasteiger partial charge in [-0.3, -0.25) is 0 Å². The molecule has 0 aliphatic carbocycles. The molecule has 21 heavy (non-hydrogen) atoms. The quantitative estimate of drug-likeness (QED) is 0.883. The number of alkyl halides is 3. The van der Waals surface area contributed by atoms with E-state index < -0.39 is 11.7 Å². The van der Waals surface area contributed by atoms with E-state index in [-0.39, 0.29) is 6.10 Å². The summed E-state index contributed by atoms with van der Waals surface area (Å²) in [5.41, 5.74) is -0.641. The molecular weight excluding hydrogens is 279 g/mol. The molecule has 1 unspecified atom stereocenters. The summed E-state index contributed by atoms with van der Waals surface area (Å²) in [7, 11) is 0. The Hall–Kier alpha value is -1.23. The van der Waals surface area contributed by atoms with Gasteiger partial charge in [0.1, 0.15) is 11.9 Å². The van der Waals surface area contributed by atoms with Crippen LogP contribution in [-0.2, 0) is 6.18 Å². The van der Waals surface area contributed by atoms with Crippen molar-refractivity contribution in [1.82, 2.24) is 5.32 Å². The Morgan fingerprint density at radius 3 is 2.38 bits per heavy atom. The first-order valence-corrected chi connectivity index (χ1v) is 7.41. The Morgan fingerprint density at radius 2 is 1.90 bits per heavy atom. The summed E-state index contributed by atoms with van der Waals surface area (Å²) >= 11 is 0. The van der Waals surface area contributed by atoms with E-state index in [1.807, 2.05) is 0 Å². The lowest BCUT2D eigenvalue weighted by Gasteiger charge is -2.26. The van der Waals surface area contributed by atoms with E-state index >= 15 is 0 Å². The number of nitrogens with one attached hydrogen (secondary N) is 1. The zero-order chi connectivity index (χ0) is 15.5. The average molecular weight is 301 g/mol. The van der Waals surface area contributed by atoms with Crippen LogP contribution in [0.3, 0.4) is 0 Å². The molecule has 1 saturated heterocycles. The minimum atomic E-state index is -4.30. The van der Waals surface area contributed by atoms with Gasteiger partial charge in [-0.05, 0) is 49.6 Å². The van der Waals surface area contributed by atoms with Crippen LogP contribution in [-0.4, -0.2) is 19.2 Å². The molecule has 118 valence electrons. The topological polar surface area (TPSA) is 21.3 Å². The van der Waals surface area contributed by atoms with Gasteiger partial charge in [0.05, 0.1) is 5.56 Å². The summed E-state index contributed by atoms with van der Waals surface area (Å²) in [4.78, 5) is 0. The fourth-order valence-corrected chi connectivity index (χ4v) is 2.69. The second-order valence-electron chi connectivity index (χ2n) is 6.06. The van der Waals surface area contributed by atoms with Crippen LogP contribution in [0.1, 0.15) is 32.3 Å². The maximum Gasteiger partial charge on any atom is 0.416 e. The van der Waals surface area contributed by atoms with Crippen LogP contribution in [0.5, 0.6) is 5.75 Å². The largest absolute Gasteiger partial charge is 0.490 e. The van der Waals surface area contributed by atoms with Gasteiger partial charge in [-0.15, -0.1) is 0 Å². The van der Waals surface area contributed by atoms with Gasteiger partial charge < -0.3 is 10.1 Å². The van der Waals surface area contributed by atoms with E-state index in [1.165, 1.54) is 12.1 Å². The van der Waals surface area contributed by atoms with Gasteiger partial charge >= 0.3 is 6.18 Å². The van der Waals surface area contributed by atoms with E-state index in [9.17, 15) is 13.2 Å². The van der Waals surface area contributed by atoms with Crippen molar-refractivity contribution in [3.63, 3.8) is 0 Å². The monoisotopic (exact) mass is 301 g/mol. The second kappa shape index (κ2) is 6.69. The third-order valence-corrected chi connectivity index (χ3v) is 3.80. The highest BCUT2D eigenvalue weighted by Gasteiger charge is 2.31. The lowest BCUT2D eigenvalue weighted by molar-refractivity contribution is -0.137.